The molecule has 0 N–H and O–H groups in total. The lowest BCUT2D eigenvalue weighted by Gasteiger charge is -2.11. The first-order valence-electron chi connectivity index (χ1n) is 6.58. The molecule has 0 saturated heterocycles. The van der Waals surface area contributed by atoms with Crippen LogP contribution in [0.2, 0.25) is 0 Å². The molecule has 0 bridgehead atoms. The van der Waals surface area contributed by atoms with Crippen LogP contribution in [0.25, 0.3) is 0 Å². The summed E-state index contributed by atoms with van der Waals surface area (Å²) in [5, 5.41) is 0. The highest BCUT2D eigenvalue weighted by atomic mass is 79.9. The van der Waals surface area contributed by atoms with E-state index in [0.717, 1.165) is 17.3 Å². The molecular formula is C17H18Br2. The minimum absolute atomic E-state index is 0.535. The summed E-state index contributed by atoms with van der Waals surface area (Å²) in [5.41, 5.74) is 4.24. The fourth-order valence-electron chi connectivity index (χ4n) is 2.18. The van der Waals surface area contributed by atoms with Gasteiger partial charge >= 0.3 is 0 Å². The fraction of sp³-hybridized carbons (Fsp3) is 0.294. The summed E-state index contributed by atoms with van der Waals surface area (Å²) in [6.45, 7) is 2.19. The summed E-state index contributed by atoms with van der Waals surface area (Å²) >= 11 is 7.27. The van der Waals surface area contributed by atoms with E-state index in [1.54, 1.807) is 0 Å². The van der Waals surface area contributed by atoms with E-state index < -0.39 is 0 Å². The van der Waals surface area contributed by atoms with Gasteiger partial charge in [-0.15, -0.1) is 0 Å². The molecule has 0 nitrogen and oxygen atoms in total. The third-order valence-corrected chi connectivity index (χ3v) is 4.67. The van der Waals surface area contributed by atoms with Gasteiger partial charge in [-0.2, -0.15) is 0 Å². The topological polar surface area (TPSA) is 0 Å². The van der Waals surface area contributed by atoms with Crippen molar-refractivity contribution in [3.63, 3.8) is 0 Å². The second-order valence-electron chi connectivity index (χ2n) is 4.89. The summed E-state index contributed by atoms with van der Waals surface area (Å²) in [4.78, 5) is 0.535. The van der Waals surface area contributed by atoms with Gasteiger partial charge in [0.05, 0.1) is 0 Å². The highest BCUT2D eigenvalue weighted by Crippen LogP contribution is 2.19. The van der Waals surface area contributed by atoms with E-state index in [2.05, 4.69) is 87.3 Å². The van der Waals surface area contributed by atoms with E-state index in [1.807, 2.05) is 0 Å². The highest BCUT2D eigenvalue weighted by molar-refractivity contribution is 9.10. The Kier molecular flexibility index (Phi) is 5.65. The Morgan fingerprint density at radius 2 is 1.68 bits per heavy atom. The van der Waals surface area contributed by atoms with Crippen molar-refractivity contribution < 1.29 is 0 Å². The van der Waals surface area contributed by atoms with Crippen molar-refractivity contribution >= 4 is 31.9 Å². The Balaban J connectivity index is 1.86. The minimum Gasteiger partial charge on any atom is -0.0887 e. The normalized spacial score (nSPS) is 12.4. The van der Waals surface area contributed by atoms with Gasteiger partial charge in [-0.3, -0.25) is 0 Å². The molecule has 19 heavy (non-hydrogen) atoms. The van der Waals surface area contributed by atoms with Crippen molar-refractivity contribution in [3.8, 4) is 0 Å². The maximum atomic E-state index is 3.80. The van der Waals surface area contributed by atoms with Gasteiger partial charge < -0.3 is 0 Å². The molecule has 0 aliphatic heterocycles. The van der Waals surface area contributed by atoms with Crippen molar-refractivity contribution in [2.24, 2.45) is 0 Å². The summed E-state index contributed by atoms with van der Waals surface area (Å²) in [7, 11) is 0. The van der Waals surface area contributed by atoms with Crippen molar-refractivity contribution in [1.82, 2.24) is 0 Å². The van der Waals surface area contributed by atoms with Crippen LogP contribution in [0, 0.1) is 6.92 Å². The lowest BCUT2D eigenvalue weighted by atomic mass is 10.0. The molecule has 2 heteroatoms. The first kappa shape index (κ1) is 14.8. The highest BCUT2D eigenvalue weighted by Gasteiger charge is 2.07. The average Bonchev–Trinajstić information content (AvgIpc) is 2.40. The van der Waals surface area contributed by atoms with Gasteiger partial charge in [0.2, 0.25) is 0 Å². The quantitative estimate of drug-likeness (QED) is 0.583. The molecule has 0 aliphatic rings. The molecule has 2 rings (SSSR count). The van der Waals surface area contributed by atoms with Crippen LogP contribution in [-0.4, -0.2) is 4.83 Å². The maximum Gasteiger partial charge on any atom is 0.0189 e. The first-order valence-corrected chi connectivity index (χ1v) is 8.29. The zero-order valence-electron chi connectivity index (χ0n) is 11.1. The second-order valence-corrected chi connectivity index (χ2v) is 7.10. The largest absolute Gasteiger partial charge is 0.0887 e. The molecule has 1 unspecified atom stereocenters. The molecule has 2 aromatic rings. The Morgan fingerprint density at radius 3 is 2.37 bits per heavy atom. The Hall–Kier alpha value is -0.600. The van der Waals surface area contributed by atoms with Gasteiger partial charge in [-0.25, -0.2) is 0 Å². The molecular weight excluding hydrogens is 364 g/mol. The van der Waals surface area contributed by atoms with E-state index in [0.29, 0.717) is 4.83 Å². The van der Waals surface area contributed by atoms with Crippen LogP contribution in [0.4, 0.5) is 0 Å². The standard InChI is InChI=1S/C17H18Br2/c1-13-4-2-3-5-15(13)8-11-17(19)12-14-6-9-16(18)10-7-14/h2-7,9-10,17H,8,11-12H2,1H3. The third-order valence-electron chi connectivity index (χ3n) is 3.36. The molecule has 0 saturated carbocycles. The number of hydrogen-bond acceptors (Lipinski definition) is 0. The number of benzene rings is 2. The van der Waals surface area contributed by atoms with Crippen LogP contribution in [-0.2, 0) is 12.8 Å². The zero-order valence-corrected chi connectivity index (χ0v) is 14.2. The SMILES string of the molecule is Cc1ccccc1CCC(Br)Cc1ccc(Br)cc1. The van der Waals surface area contributed by atoms with Crippen molar-refractivity contribution in [3.05, 3.63) is 69.7 Å². The number of halogens is 2. The van der Waals surface area contributed by atoms with E-state index in [4.69, 9.17) is 0 Å². The van der Waals surface area contributed by atoms with E-state index in [-0.39, 0.29) is 0 Å². The number of hydrogen-bond donors (Lipinski definition) is 0. The summed E-state index contributed by atoms with van der Waals surface area (Å²) in [5.74, 6) is 0. The van der Waals surface area contributed by atoms with E-state index in [9.17, 15) is 0 Å². The van der Waals surface area contributed by atoms with Crippen LogP contribution >= 0.6 is 31.9 Å². The minimum atomic E-state index is 0.535. The molecule has 1 atom stereocenters. The van der Waals surface area contributed by atoms with Gasteiger partial charge in [0.1, 0.15) is 0 Å². The van der Waals surface area contributed by atoms with Crippen molar-refractivity contribution in [1.29, 1.82) is 0 Å². The molecule has 0 spiro atoms. The fourth-order valence-corrected chi connectivity index (χ4v) is 3.05. The number of aryl methyl sites for hydroxylation is 2. The van der Waals surface area contributed by atoms with Crippen molar-refractivity contribution in [2.45, 2.75) is 31.0 Å². The molecule has 0 radical (unpaired) electrons. The summed E-state index contributed by atoms with van der Waals surface area (Å²) in [6.07, 6.45) is 3.39. The summed E-state index contributed by atoms with van der Waals surface area (Å²) in [6, 6.07) is 17.2. The third kappa shape index (κ3) is 4.77. The zero-order chi connectivity index (χ0) is 13.7. The molecule has 0 amide bonds. The monoisotopic (exact) mass is 380 g/mol. The predicted molar refractivity (Wildman–Crippen MR) is 90.1 cm³/mol. The van der Waals surface area contributed by atoms with E-state index >= 15 is 0 Å². The average molecular weight is 382 g/mol. The number of alkyl halides is 1. The molecule has 2 aromatic carbocycles. The lowest BCUT2D eigenvalue weighted by Crippen LogP contribution is -2.05. The summed E-state index contributed by atoms with van der Waals surface area (Å²) < 4.78 is 1.14. The van der Waals surface area contributed by atoms with E-state index in [1.165, 1.54) is 23.1 Å². The van der Waals surface area contributed by atoms with Crippen LogP contribution in [0.5, 0.6) is 0 Å². The van der Waals surface area contributed by atoms with Crippen LogP contribution in [0.15, 0.2) is 53.0 Å². The lowest BCUT2D eigenvalue weighted by molar-refractivity contribution is 0.760. The van der Waals surface area contributed by atoms with Crippen LogP contribution < -0.4 is 0 Å². The van der Waals surface area contributed by atoms with Gasteiger partial charge in [-0.05, 0) is 55.0 Å². The van der Waals surface area contributed by atoms with Gasteiger partial charge in [-0.1, -0.05) is 68.3 Å². The first-order chi connectivity index (χ1) is 9.15. The second kappa shape index (κ2) is 7.25. The number of rotatable bonds is 5. The van der Waals surface area contributed by atoms with Gasteiger partial charge in [0.15, 0.2) is 0 Å². The van der Waals surface area contributed by atoms with Gasteiger partial charge in [0, 0.05) is 9.30 Å². The Morgan fingerprint density at radius 1 is 1.00 bits per heavy atom. The molecule has 0 aromatic heterocycles. The molecule has 0 fully saturated rings. The maximum absolute atomic E-state index is 3.80. The van der Waals surface area contributed by atoms with Crippen molar-refractivity contribution in [2.75, 3.05) is 0 Å². The smallest absolute Gasteiger partial charge is 0.0189 e. The Labute approximate surface area is 132 Å². The van der Waals surface area contributed by atoms with Crippen LogP contribution in [0.1, 0.15) is 23.1 Å². The molecule has 0 aliphatic carbocycles. The van der Waals surface area contributed by atoms with Crippen LogP contribution in [0.3, 0.4) is 0 Å². The Bertz CT molecular complexity index is 517. The molecule has 0 heterocycles. The predicted octanol–water partition coefficient (Wildman–Crippen LogP) is 5.70. The molecule has 100 valence electrons. The van der Waals surface area contributed by atoms with Gasteiger partial charge in [0.25, 0.3) is 0 Å².